The number of hydrogen-bond acceptors (Lipinski definition) is 2. The molecule has 1 saturated heterocycles. The standard InChI is InChI=1S/C13H22N2/c1-3-4-5-9-15-10-8-14-13(2,11-15)12-6-7-12/h1,12,14H,4-11H2,2H3. The van der Waals surface area contributed by atoms with Gasteiger partial charge in [-0.2, -0.15) is 0 Å². The van der Waals surface area contributed by atoms with Crippen LogP contribution in [0, 0.1) is 18.3 Å². The summed E-state index contributed by atoms with van der Waals surface area (Å²) in [4.78, 5) is 2.58. The molecule has 0 radical (unpaired) electrons. The van der Waals surface area contributed by atoms with Crippen molar-refractivity contribution in [2.75, 3.05) is 26.2 Å². The zero-order valence-electron chi connectivity index (χ0n) is 9.76. The van der Waals surface area contributed by atoms with Crippen molar-refractivity contribution in [3.8, 4) is 12.3 Å². The molecule has 1 saturated carbocycles. The Kier molecular flexibility index (Phi) is 3.33. The fourth-order valence-corrected chi connectivity index (χ4v) is 2.69. The largest absolute Gasteiger partial charge is 0.309 e. The van der Waals surface area contributed by atoms with Crippen LogP contribution in [0.3, 0.4) is 0 Å². The van der Waals surface area contributed by atoms with Crippen LogP contribution in [0.4, 0.5) is 0 Å². The molecule has 1 aliphatic heterocycles. The predicted octanol–water partition coefficient (Wildman–Crippen LogP) is 1.47. The number of nitrogens with one attached hydrogen (secondary N) is 1. The molecule has 1 atom stereocenters. The van der Waals surface area contributed by atoms with E-state index >= 15 is 0 Å². The van der Waals surface area contributed by atoms with Crippen molar-refractivity contribution in [2.24, 2.45) is 5.92 Å². The third-order valence-corrected chi connectivity index (χ3v) is 3.78. The smallest absolute Gasteiger partial charge is 0.0309 e. The summed E-state index contributed by atoms with van der Waals surface area (Å²) >= 11 is 0. The lowest BCUT2D eigenvalue weighted by Gasteiger charge is -2.42. The highest BCUT2D eigenvalue weighted by Crippen LogP contribution is 2.40. The van der Waals surface area contributed by atoms with Crippen LogP contribution in [0.2, 0.25) is 0 Å². The highest BCUT2D eigenvalue weighted by molar-refractivity contribution is 5.02. The van der Waals surface area contributed by atoms with Gasteiger partial charge in [0, 0.05) is 31.6 Å². The first-order chi connectivity index (χ1) is 7.24. The second-order valence-corrected chi connectivity index (χ2v) is 5.20. The maximum absolute atomic E-state index is 5.27. The number of unbranched alkanes of at least 4 members (excludes halogenated alkanes) is 1. The van der Waals surface area contributed by atoms with E-state index in [9.17, 15) is 0 Å². The highest BCUT2D eigenvalue weighted by Gasteiger charge is 2.43. The quantitative estimate of drug-likeness (QED) is 0.553. The second kappa shape index (κ2) is 4.55. The zero-order chi connectivity index (χ0) is 10.7. The van der Waals surface area contributed by atoms with E-state index in [0.717, 1.165) is 25.3 Å². The minimum Gasteiger partial charge on any atom is -0.309 e. The molecule has 0 amide bonds. The van der Waals surface area contributed by atoms with Crippen molar-refractivity contribution in [1.29, 1.82) is 0 Å². The van der Waals surface area contributed by atoms with E-state index in [-0.39, 0.29) is 0 Å². The van der Waals surface area contributed by atoms with Gasteiger partial charge in [0.25, 0.3) is 0 Å². The molecule has 0 aromatic carbocycles. The van der Waals surface area contributed by atoms with Crippen molar-refractivity contribution in [1.82, 2.24) is 10.2 Å². The molecule has 2 nitrogen and oxygen atoms in total. The summed E-state index contributed by atoms with van der Waals surface area (Å²) in [7, 11) is 0. The van der Waals surface area contributed by atoms with Crippen LogP contribution in [-0.2, 0) is 0 Å². The lowest BCUT2D eigenvalue weighted by molar-refractivity contribution is 0.126. The maximum atomic E-state index is 5.27. The van der Waals surface area contributed by atoms with E-state index in [1.54, 1.807) is 0 Å². The SMILES string of the molecule is C#CCCCN1CCNC(C)(C2CC2)C1. The fourth-order valence-electron chi connectivity index (χ4n) is 2.69. The molecule has 2 rings (SSSR count). The van der Waals surface area contributed by atoms with Gasteiger partial charge in [0.1, 0.15) is 0 Å². The summed E-state index contributed by atoms with van der Waals surface area (Å²) in [5, 5.41) is 3.70. The summed E-state index contributed by atoms with van der Waals surface area (Å²) in [5.74, 6) is 3.64. The van der Waals surface area contributed by atoms with Gasteiger partial charge in [0.15, 0.2) is 0 Å². The third kappa shape index (κ3) is 2.74. The molecule has 1 N–H and O–H groups in total. The Bertz CT molecular complexity index is 252. The van der Waals surface area contributed by atoms with Crippen LogP contribution in [-0.4, -0.2) is 36.6 Å². The molecule has 1 aliphatic carbocycles. The predicted molar refractivity (Wildman–Crippen MR) is 63.6 cm³/mol. The van der Waals surface area contributed by atoms with Crippen molar-refractivity contribution in [3.05, 3.63) is 0 Å². The van der Waals surface area contributed by atoms with E-state index in [0.29, 0.717) is 5.54 Å². The Balaban J connectivity index is 1.79. The lowest BCUT2D eigenvalue weighted by atomic mass is 9.93. The topological polar surface area (TPSA) is 15.3 Å². The van der Waals surface area contributed by atoms with E-state index in [1.165, 1.54) is 32.5 Å². The Morgan fingerprint density at radius 3 is 3.00 bits per heavy atom. The van der Waals surface area contributed by atoms with Crippen molar-refractivity contribution >= 4 is 0 Å². The summed E-state index contributed by atoms with van der Waals surface area (Å²) in [6, 6.07) is 0. The van der Waals surface area contributed by atoms with Crippen LogP contribution in [0.15, 0.2) is 0 Å². The van der Waals surface area contributed by atoms with Gasteiger partial charge >= 0.3 is 0 Å². The van der Waals surface area contributed by atoms with Gasteiger partial charge in [-0.25, -0.2) is 0 Å². The summed E-state index contributed by atoms with van der Waals surface area (Å²) in [6.45, 7) is 7.10. The number of piperazine rings is 1. The van der Waals surface area contributed by atoms with Gasteiger partial charge in [0.2, 0.25) is 0 Å². The molecular formula is C13H22N2. The molecule has 0 aromatic heterocycles. The summed E-state index contributed by atoms with van der Waals surface area (Å²) in [5.41, 5.74) is 0.383. The molecule has 2 aliphatic rings. The van der Waals surface area contributed by atoms with Crippen molar-refractivity contribution < 1.29 is 0 Å². The Morgan fingerprint density at radius 2 is 2.33 bits per heavy atom. The molecule has 0 spiro atoms. The number of rotatable bonds is 4. The molecule has 2 heteroatoms. The molecule has 2 fully saturated rings. The van der Waals surface area contributed by atoms with Crippen LogP contribution in [0.5, 0.6) is 0 Å². The third-order valence-electron chi connectivity index (χ3n) is 3.78. The Morgan fingerprint density at radius 1 is 1.53 bits per heavy atom. The van der Waals surface area contributed by atoms with Gasteiger partial charge in [-0.15, -0.1) is 12.3 Å². The van der Waals surface area contributed by atoms with Crippen LogP contribution in [0.1, 0.15) is 32.6 Å². The number of nitrogens with zero attached hydrogens (tertiary/aromatic N) is 1. The van der Waals surface area contributed by atoms with Crippen LogP contribution < -0.4 is 5.32 Å². The normalized spacial score (nSPS) is 32.5. The lowest BCUT2D eigenvalue weighted by Crippen LogP contribution is -2.60. The molecule has 1 unspecified atom stereocenters. The van der Waals surface area contributed by atoms with Gasteiger partial charge in [-0.1, -0.05) is 0 Å². The first-order valence-corrected chi connectivity index (χ1v) is 6.15. The first kappa shape index (κ1) is 11.0. The molecular weight excluding hydrogens is 184 g/mol. The average molecular weight is 206 g/mol. The van der Waals surface area contributed by atoms with E-state index in [1.807, 2.05) is 0 Å². The average Bonchev–Trinajstić information content (AvgIpc) is 3.02. The Hall–Kier alpha value is -0.520. The summed E-state index contributed by atoms with van der Waals surface area (Å²) in [6.07, 6.45) is 10.2. The zero-order valence-corrected chi connectivity index (χ0v) is 9.76. The number of terminal acetylenes is 1. The van der Waals surface area contributed by atoms with Crippen molar-refractivity contribution in [3.63, 3.8) is 0 Å². The Labute approximate surface area is 93.4 Å². The monoisotopic (exact) mass is 206 g/mol. The second-order valence-electron chi connectivity index (χ2n) is 5.20. The number of hydrogen-bond donors (Lipinski definition) is 1. The summed E-state index contributed by atoms with van der Waals surface area (Å²) < 4.78 is 0. The van der Waals surface area contributed by atoms with Gasteiger partial charge in [-0.3, -0.25) is 0 Å². The highest BCUT2D eigenvalue weighted by atomic mass is 15.2. The van der Waals surface area contributed by atoms with Crippen molar-refractivity contribution in [2.45, 2.75) is 38.1 Å². The molecule has 0 aromatic rings. The first-order valence-electron chi connectivity index (χ1n) is 6.15. The van der Waals surface area contributed by atoms with Crippen LogP contribution in [0.25, 0.3) is 0 Å². The molecule has 15 heavy (non-hydrogen) atoms. The van der Waals surface area contributed by atoms with Gasteiger partial charge in [-0.05, 0) is 38.6 Å². The molecule has 1 heterocycles. The van der Waals surface area contributed by atoms with Gasteiger partial charge < -0.3 is 10.2 Å². The maximum Gasteiger partial charge on any atom is 0.0309 e. The molecule has 0 bridgehead atoms. The van der Waals surface area contributed by atoms with E-state index < -0.39 is 0 Å². The molecule has 84 valence electrons. The van der Waals surface area contributed by atoms with E-state index in [2.05, 4.69) is 23.1 Å². The van der Waals surface area contributed by atoms with Crippen LogP contribution >= 0.6 is 0 Å². The minimum absolute atomic E-state index is 0.383. The minimum atomic E-state index is 0.383. The van der Waals surface area contributed by atoms with E-state index in [4.69, 9.17) is 6.42 Å². The van der Waals surface area contributed by atoms with Gasteiger partial charge in [0.05, 0.1) is 0 Å². The fraction of sp³-hybridized carbons (Fsp3) is 0.846.